The van der Waals surface area contributed by atoms with Crippen LogP contribution in [0.25, 0.3) is 0 Å². The lowest BCUT2D eigenvalue weighted by molar-refractivity contribution is -0.121. The molecule has 0 saturated carbocycles. The van der Waals surface area contributed by atoms with Crippen LogP contribution in [0.4, 0.5) is 4.39 Å². The van der Waals surface area contributed by atoms with Crippen LogP contribution in [0.1, 0.15) is 48.7 Å². The van der Waals surface area contributed by atoms with Gasteiger partial charge in [0.1, 0.15) is 5.82 Å². The molecule has 1 amide bonds. The maximum atomic E-state index is 13.9. The molecule has 3 aromatic rings. The second-order valence-corrected chi connectivity index (χ2v) is 8.62. The van der Waals surface area contributed by atoms with Gasteiger partial charge in [-0.3, -0.25) is 9.48 Å². The van der Waals surface area contributed by atoms with Crippen LogP contribution in [0.2, 0.25) is 0 Å². The molecule has 1 aromatic heterocycles. The lowest BCUT2D eigenvalue weighted by Gasteiger charge is -2.36. The first-order valence-corrected chi connectivity index (χ1v) is 10.0. The minimum Gasteiger partial charge on any atom is -0.349 e. The van der Waals surface area contributed by atoms with E-state index in [9.17, 15) is 9.18 Å². The third-order valence-electron chi connectivity index (χ3n) is 5.58. The Morgan fingerprint density at radius 1 is 1.17 bits per heavy atom. The van der Waals surface area contributed by atoms with Gasteiger partial charge in [0.05, 0.1) is 25.2 Å². The van der Waals surface area contributed by atoms with Crippen molar-refractivity contribution >= 4 is 5.91 Å². The van der Waals surface area contributed by atoms with Crippen LogP contribution in [0.5, 0.6) is 0 Å². The van der Waals surface area contributed by atoms with Gasteiger partial charge in [-0.2, -0.15) is 5.10 Å². The average molecular weight is 391 g/mol. The van der Waals surface area contributed by atoms with E-state index in [4.69, 9.17) is 0 Å². The van der Waals surface area contributed by atoms with Crippen molar-refractivity contribution in [3.8, 4) is 0 Å². The van der Waals surface area contributed by atoms with Crippen molar-refractivity contribution in [3.05, 3.63) is 89.0 Å². The van der Waals surface area contributed by atoms with E-state index in [2.05, 4.69) is 36.4 Å². The normalized spacial score (nSPS) is 17.6. The van der Waals surface area contributed by atoms with Crippen molar-refractivity contribution in [1.29, 1.82) is 0 Å². The Labute approximate surface area is 170 Å². The predicted molar refractivity (Wildman–Crippen MR) is 111 cm³/mol. The summed E-state index contributed by atoms with van der Waals surface area (Å²) in [6, 6.07) is 16.6. The summed E-state index contributed by atoms with van der Waals surface area (Å²) in [6.07, 6.45) is 3.66. The molecule has 2 aromatic carbocycles. The SMILES string of the molecule is CC1(C)Cc2c(cnn2Cc2ccccc2)[C@H](NC(=O)Cc2ccccc2F)C1. The Kier molecular flexibility index (Phi) is 5.22. The number of rotatable bonds is 5. The van der Waals surface area contributed by atoms with Gasteiger partial charge in [0, 0.05) is 11.3 Å². The van der Waals surface area contributed by atoms with Crippen LogP contribution in [0, 0.1) is 11.2 Å². The van der Waals surface area contributed by atoms with Crippen LogP contribution in [-0.2, 0) is 24.2 Å². The number of carbonyl (C=O) groups is 1. The molecule has 1 aliphatic carbocycles. The summed E-state index contributed by atoms with van der Waals surface area (Å²) in [7, 11) is 0. The number of aromatic nitrogens is 2. The number of hydrogen-bond acceptors (Lipinski definition) is 2. The first-order chi connectivity index (χ1) is 13.9. The molecule has 4 nitrogen and oxygen atoms in total. The zero-order valence-electron chi connectivity index (χ0n) is 16.9. The van der Waals surface area contributed by atoms with Crippen molar-refractivity contribution in [2.75, 3.05) is 0 Å². The van der Waals surface area contributed by atoms with Crippen LogP contribution >= 0.6 is 0 Å². The molecular formula is C24H26FN3O. The first kappa shape index (κ1) is 19.4. The van der Waals surface area contributed by atoms with Crippen molar-refractivity contribution < 1.29 is 9.18 Å². The van der Waals surface area contributed by atoms with Crippen LogP contribution in [0.15, 0.2) is 60.8 Å². The molecule has 0 unspecified atom stereocenters. The van der Waals surface area contributed by atoms with Gasteiger partial charge in [0.2, 0.25) is 5.91 Å². The van der Waals surface area contributed by atoms with Crippen LogP contribution < -0.4 is 5.32 Å². The fourth-order valence-electron chi connectivity index (χ4n) is 4.18. The Morgan fingerprint density at radius 3 is 2.66 bits per heavy atom. The van der Waals surface area contributed by atoms with Gasteiger partial charge < -0.3 is 5.32 Å². The highest BCUT2D eigenvalue weighted by atomic mass is 19.1. The number of hydrogen-bond donors (Lipinski definition) is 1. The van der Waals surface area contributed by atoms with E-state index in [1.54, 1.807) is 18.2 Å². The summed E-state index contributed by atoms with van der Waals surface area (Å²) in [5.41, 5.74) is 3.89. The maximum absolute atomic E-state index is 13.9. The molecule has 1 aliphatic rings. The van der Waals surface area contributed by atoms with E-state index < -0.39 is 0 Å². The van der Waals surface area contributed by atoms with Crippen LogP contribution in [-0.4, -0.2) is 15.7 Å². The molecule has 150 valence electrons. The van der Waals surface area contributed by atoms with E-state index in [0.717, 1.165) is 18.4 Å². The molecule has 0 saturated heterocycles. The van der Waals surface area contributed by atoms with Crippen molar-refractivity contribution in [2.45, 2.75) is 45.7 Å². The highest BCUT2D eigenvalue weighted by Crippen LogP contribution is 2.40. The topological polar surface area (TPSA) is 46.9 Å². The molecule has 0 radical (unpaired) electrons. The standard InChI is InChI=1S/C24H26FN3O/c1-24(2)13-21(27-23(29)12-18-10-6-7-11-20(18)25)19-15-26-28(22(19)14-24)16-17-8-4-3-5-9-17/h3-11,15,21H,12-14,16H2,1-2H3,(H,27,29)/t21-/m1/s1. The molecule has 0 spiro atoms. The summed E-state index contributed by atoms with van der Waals surface area (Å²) in [4.78, 5) is 12.6. The summed E-state index contributed by atoms with van der Waals surface area (Å²) in [6.45, 7) is 5.14. The average Bonchev–Trinajstić information content (AvgIpc) is 3.06. The first-order valence-electron chi connectivity index (χ1n) is 10.0. The molecule has 29 heavy (non-hydrogen) atoms. The lowest BCUT2D eigenvalue weighted by atomic mass is 9.74. The molecule has 5 heteroatoms. The third kappa shape index (κ3) is 4.39. The van der Waals surface area contributed by atoms with Gasteiger partial charge in [-0.15, -0.1) is 0 Å². The van der Waals surface area contributed by atoms with Gasteiger partial charge >= 0.3 is 0 Å². The number of fused-ring (bicyclic) bond motifs is 1. The molecule has 1 N–H and O–H groups in total. The second-order valence-electron chi connectivity index (χ2n) is 8.62. The van der Waals surface area contributed by atoms with E-state index in [1.165, 1.54) is 17.3 Å². The smallest absolute Gasteiger partial charge is 0.225 e. The predicted octanol–water partition coefficient (Wildman–Crippen LogP) is 4.44. The molecule has 0 fully saturated rings. The highest BCUT2D eigenvalue weighted by Gasteiger charge is 2.35. The minimum absolute atomic E-state index is 0.0388. The number of carbonyl (C=O) groups excluding carboxylic acids is 1. The Bertz CT molecular complexity index is 1010. The van der Waals surface area contributed by atoms with Gasteiger partial charge in [0.15, 0.2) is 0 Å². The van der Waals surface area contributed by atoms with E-state index in [1.807, 2.05) is 29.1 Å². The highest BCUT2D eigenvalue weighted by molar-refractivity contribution is 5.79. The molecule has 1 heterocycles. The zero-order valence-corrected chi connectivity index (χ0v) is 16.9. The van der Waals surface area contributed by atoms with Crippen LogP contribution in [0.3, 0.4) is 0 Å². The zero-order chi connectivity index (χ0) is 20.4. The number of benzene rings is 2. The lowest BCUT2D eigenvalue weighted by Crippen LogP contribution is -2.37. The molecule has 4 rings (SSSR count). The van der Waals surface area contributed by atoms with Gasteiger partial charge in [0.25, 0.3) is 0 Å². The minimum atomic E-state index is -0.344. The summed E-state index contributed by atoms with van der Waals surface area (Å²) in [5, 5.41) is 7.74. The second kappa shape index (κ2) is 7.82. The van der Waals surface area contributed by atoms with E-state index in [0.29, 0.717) is 12.1 Å². The number of nitrogens with one attached hydrogen (secondary N) is 1. The summed E-state index contributed by atoms with van der Waals surface area (Å²) >= 11 is 0. The fourth-order valence-corrected chi connectivity index (χ4v) is 4.18. The van der Waals surface area contributed by atoms with E-state index in [-0.39, 0.29) is 29.6 Å². The fraction of sp³-hybridized carbons (Fsp3) is 0.333. The van der Waals surface area contributed by atoms with E-state index >= 15 is 0 Å². The van der Waals surface area contributed by atoms with Crippen molar-refractivity contribution in [2.24, 2.45) is 5.41 Å². The number of nitrogens with zero attached hydrogens (tertiary/aromatic N) is 2. The van der Waals surface area contributed by atoms with Gasteiger partial charge in [-0.25, -0.2) is 4.39 Å². The largest absolute Gasteiger partial charge is 0.349 e. The Hall–Kier alpha value is -2.95. The summed E-state index contributed by atoms with van der Waals surface area (Å²) in [5.74, 6) is -0.512. The monoisotopic (exact) mass is 391 g/mol. The quantitative estimate of drug-likeness (QED) is 0.699. The number of halogens is 1. The molecular weight excluding hydrogens is 365 g/mol. The number of amides is 1. The molecule has 0 aliphatic heterocycles. The van der Waals surface area contributed by atoms with Crippen molar-refractivity contribution in [1.82, 2.24) is 15.1 Å². The maximum Gasteiger partial charge on any atom is 0.225 e. The molecule has 0 bridgehead atoms. The third-order valence-corrected chi connectivity index (χ3v) is 5.58. The Morgan fingerprint density at radius 2 is 1.90 bits per heavy atom. The Balaban J connectivity index is 1.55. The van der Waals surface area contributed by atoms with Gasteiger partial charge in [-0.05, 0) is 35.4 Å². The van der Waals surface area contributed by atoms with Crippen molar-refractivity contribution in [3.63, 3.8) is 0 Å². The summed E-state index contributed by atoms with van der Waals surface area (Å²) < 4.78 is 16.0. The van der Waals surface area contributed by atoms with Gasteiger partial charge in [-0.1, -0.05) is 62.4 Å². The molecule has 1 atom stereocenters.